The molecule has 0 radical (unpaired) electrons. The minimum atomic E-state index is -0.220. The highest BCUT2D eigenvalue weighted by molar-refractivity contribution is 9.10. The average Bonchev–Trinajstić information content (AvgIpc) is 2.34. The number of anilines is 1. The summed E-state index contributed by atoms with van der Waals surface area (Å²) in [6, 6.07) is 10.3. The van der Waals surface area contributed by atoms with Crippen molar-refractivity contribution in [3.63, 3.8) is 0 Å². The molecule has 18 heavy (non-hydrogen) atoms. The van der Waals surface area contributed by atoms with Gasteiger partial charge in [-0.3, -0.25) is 0 Å². The lowest BCUT2D eigenvalue weighted by Gasteiger charge is -2.11. The van der Waals surface area contributed by atoms with E-state index in [4.69, 9.17) is 11.6 Å². The Bertz CT molecular complexity index is 520. The number of rotatable bonds is 3. The van der Waals surface area contributed by atoms with Crippen LogP contribution in [0.4, 0.5) is 10.1 Å². The zero-order valence-electron chi connectivity index (χ0n) is 9.81. The Labute approximate surface area is 119 Å². The van der Waals surface area contributed by atoms with Crippen LogP contribution in [0.5, 0.6) is 0 Å². The molecular formula is C14H12BrClFN. The maximum absolute atomic E-state index is 13.2. The van der Waals surface area contributed by atoms with E-state index in [1.54, 1.807) is 12.1 Å². The van der Waals surface area contributed by atoms with E-state index in [2.05, 4.69) is 21.2 Å². The standard InChI is InChI=1S/C14H12BrClFN/c1-9-2-4-12(17)6-10(9)8-18-14-7-11(16)3-5-13(14)15/h2-7,18H,8H2,1H3. The second kappa shape index (κ2) is 5.72. The molecule has 0 saturated carbocycles. The van der Waals surface area contributed by atoms with E-state index in [9.17, 15) is 4.39 Å². The third-order valence-electron chi connectivity index (χ3n) is 2.71. The van der Waals surface area contributed by atoms with Crippen LogP contribution in [-0.2, 0) is 6.54 Å². The summed E-state index contributed by atoms with van der Waals surface area (Å²) >= 11 is 9.38. The largest absolute Gasteiger partial charge is 0.380 e. The number of hydrogen-bond acceptors (Lipinski definition) is 1. The van der Waals surface area contributed by atoms with Gasteiger partial charge in [-0.1, -0.05) is 17.7 Å². The van der Waals surface area contributed by atoms with Crippen LogP contribution in [0.25, 0.3) is 0 Å². The SMILES string of the molecule is Cc1ccc(F)cc1CNc1cc(Cl)ccc1Br. The Morgan fingerprint density at radius 1 is 1.22 bits per heavy atom. The topological polar surface area (TPSA) is 12.0 Å². The summed E-state index contributed by atoms with van der Waals surface area (Å²) in [5, 5.41) is 3.90. The summed E-state index contributed by atoms with van der Waals surface area (Å²) in [4.78, 5) is 0. The predicted molar refractivity (Wildman–Crippen MR) is 77.6 cm³/mol. The molecule has 0 aliphatic heterocycles. The first kappa shape index (κ1) is 13.4. The van der Waals surface area contributed by atoms with Crippen LogP contribution in [0.1, 0.15) is 11.1 Å². The van der Waals surface area contributed by atoms with E-state index in [1.807, 2.05) is 25.1 Å². The minimum Gasteiger partial charge on any atom is -0.380 e. The van der Waals surface area contributed by atoms with Crippen LogP contribution in [0.2, 0.25) is 5.02 Å². The fourth-order valence-corrected chi connectivity index (χ4v) is 2.21. The van der Waals surface area contributed by atoms with Crippen molar-refractivity contribution in [3.05, 3.63) is 62.8 Å². The molecule has 0 aliphatic rings. The average molecular weight is 329 g/mol. The van der Waals surface area contributed by atoms with E-state index < -0.39 is 0 Å². The summed E-state index contributed by atoms with van der Waals surface area (Å²) in [7, 11) is 0. The molecule has 0 fully saturated rings. The van der Waals surface area contributed by atoms with Gasteiger partial charge in [-0.05, 0) is 64.3 Å². The van der Waals surface area contributed by atoms with Crippen LogP contribution in [-0.4, -0.2) is 0 Å². The molecule has 0 atom stereocenters. The van der Waals surface area contributed by atoms with Crippen molar-refractivity contribution in [1.82, 2.24) is 0 Å². The third kappa shape index (κ3) is 3.24. The van der Waals surface area contributed by atoms with Gasteiger partial charge < -0.3 is 5.32 Å². The molecule has 0 saturated heterocycles. The van der Waals surface area contributed by atoms with Crippen molar-refractivity contribution in [2.75, 3.05) is 5.32 Å². The normalized spacial score (nSPS) is 10.4. The van der Waals surface area contributed by atoms with E-state index in [-0.39, 0.29) is 5.82 Å². The van der Waals surface area contributed by atoms with E-state index >= 15 is 0 Å². The molecule has 4 heteroatoms. The summed E-state index contributed by atoms with van der Waals surface area (Å²) in [5.74, 6) is -0.220. The van der Waals surface area contributed by atoms with E-state index in [1.165, 1.54) is 6.07 Å². The zero-order valence-corrected chi connectivity index (χ0v) is 12.1. The molecule has 2 aromatic carbocycles. The molecule has 1 N–H and O–H groups in total. The highest BCUT2D eigenvalue weighted by atomic mass is 79.9. The molecule has 2 rings (SSSR count). The van der Waals surface area contributed by atoms with Crippen molar-refractivity contribution >= 4 is 33.2 Å². The number of hydrogen-bond donors (Lipinski definition) is 1. The Morgan fingerprint density at radius 2 is 2.00 bits per heavy atom. The quantitative estimate of drug-likeness (QED) is 0.820. The summed E-state index contributed by atoms with van der Waals surface area (Å²) in [6.07, 6.45) is 0. The van der Waals surface area contributed by atoms with Crippen molar-refractivity contribution < 1.29 is 4.39 Å². The predicted octanol–water partition coefficient (Wildman–Crippen LogP) is 5.16. The smallest absolute Gasteiger partial charge is 0.123 e. The van der Waals surface area contributed by atoms with Gasteiger partial charge in [0.05, 0.1) is 5.69 Å². The maximum atomic E-state index is 13.2. The number of aryl methyl sites for hydroxylation is 1. The van der Waals surface area contributed by atoms with Gasteiger partial charge in [-0.2, -0.15) is 0 Å². The van der Waals surface area contributed by atoms with E-state index in [0.29, 0.717) is 11.6 Å². The highest BCUT2D eigenvalue weighted by Crippen LogP contribution is 2.26. The van der Waals surface area contributed by atoms with Crippen LogP contribution in [0.15, 0.2) is 40.9 Å². The Balaban J connectivity index is 2.16. The molecule has 0 aromatic heterocycles. The summed E-state index contributed by atoms with van der Waals surface area (Å²) in [5.41, 5.74) is 2.88. The third-order valence-corrected chi connectivity index (χ3v) is 3.64. The van der Waals surface area contributed by atoms with Gasteiger partial charge in [-0.15, -0.1) is 0 Å². The van der Waals surface area contributed by atoms with Gasteiger partial charge in [0, 0.05) is 16.0 Å². The zero-order chi connectivity index (χ0) is 13.1. The number of benzene rings is 2. The van der Waals surface area contributed by atoms with Gasteiger partial charge in [0.15, 0.2) is 0 Å². The van der Waals surface area contributed by atoms with Crippen molar-refractivity contribution in [3.8, 4) is 0 Å². The molecule has 0 amide bonds. The van der Waals surface area contributed by atoms with E-state index in [0.717, 1.165) is 21.3 Å². The lowest BCUT2D eigenvalue weighted by molar-refractivity contribution is 0.625. The first-order valence-corrected chi connectivity index (χ1v) is 6.67. The molecule has 2 aromatic rings. The molecule has 0 heterocycles. The second-order valence-corrected chi connectivity index (χ2v) is 5.34. The molecule has 0 bridgehead atoms. The molecule has 0 aliphatic carbocycles. The van der Waals surface area contributed by atoms with Crippen LogP contribution in [0.3, 0.4) is 0 Å². The van der Waals surface area contributed by atoms with Crippen LogP contribution >= 0.6 is 27.5 Å². The molecular weight excluding hydrogens is 317 g/mol. The molecule has 0 spiro atoms. The lowest BCUT2D eigenvalue weighted by Crippen LogP contribution is -2.02. The Morgan fingerprint density at radius 3 is 2.78 bits per heavy atom. The highest BCUT2D eigenvalue weighted by Gasteiger charge is 2.03. The summed E-state index contributed by atoms with van der Waals surface area (Å²) < 4.78 is 14.1. The van der Waals surface area contributed by atoms with Crippen LogP contribution < -0.4 is 5.32 Å². The first-order valence-electron chi connectivity index (χ1n) is 5.50. The fraction of sp³-hybridized carbons (Fsp3) is 0.143. The lowest BCUT2D eigenvalue weighted by atomic mass is 10.1. The van der Waals surface area contributed by atoms with Crippen molar-refractivity contribution in [2.45, 2.75) is 13.5 Å². The number of halogens is 3. The van der Waals surface area contributed by atoms with Crippen molar-refractivity contribution in [1.29, 1.82) is 0 Å². The van der Waals surface area contributed by atoms with Gasteiger partial charge >= 0.3 is 0 Å². The Kier molecular flexibility index (Phi) is 4.25. The maximum Gasteiger partial charge on any atom is 0.123 e. The molecule has 94 valence electrons. The molecule has 0 unspecified atom stereocenters. The van der Waals surface area contributed by atoms with Crippen molar-refractivity contribution in [2.24, 2.45) is 0 Å². The Hall–Kier alpha value is -1.06. The second-order valence-electron chi connectivity index (χ2n) is 4.05. The van der Waals surface area contributed by atoms with Crippen LogP contribution in [0, 0.1) is 12.7 Å². The van der Waals surface area contributed by atoms with Gasteiger partial charge in [0.1, 0.15) is 5.82 Å². The first-order chi connectivity index (χ1) is 8.56. The molecule has 1 nitrogen and oxygen atoms in total. The fourth-order valence-electron chi connectivity index (χ4n) is 1.65. The minimum absolute atomic E-state index is 0.220. The monoisotopic (exact) mass is 327 g/mol. The number of nitrogens with one attached hydrogen (secondary N) is 1. The van der Waals surface area contributed by atoms with Gasteiger partial charge in [-0.25, -0.2) is 4.39 Å². The van der Waals surface area contributed by atoms with Gasteiger partial charge in [0.25, 0.3) is 0 Å². The van der Waals surface area contributed by atoms with Gasteiger partial charge in [0.2, 0.25) is 0 Å². The summed E-state index contributed by atoms with van der Waals surface area (Å²) in [6.45, 7) is 2.52.